The first-order chi connectivity index (χ1) is 11.1. The molecule has 23 heavy (non-hydrogen) atoms. The largest absolute Gasteiger partial charge is 0.360 e. The standard InChI is InChI=1S/C16H23N5O2/c1-4-21-14-7-5-6-13(12(14)9-17-21)18-11(3)16(22)19-15-8-10(2)23-20-15/h8-9,11,13,18H,4-7H2,1-3H3,(H,19,20,22)/t11-,13+/m1/s1. The molecule has 0 aliphatic heterocycles. The molecule has 7 heteroatoms. The Labute approximate surface area is 135 Å². The van der Waals surface area contributed by atoms with Gasteiger partial charge in [-0.25, -0.2) is 0 Å². The van der Waals surface area contributed by atoms with Gasteiger partial charge in [0.15, 0.2) is 5.82 Å². The summed E-state index contributed by atoms with van der Waals surface area (Å²) in [6.45, 7) is 6.63. The van der Waals surface area contributed by atoms with E-state index < -0.39 is 0 Å². The second kappa shape index (κ2) is 6.54. The maximum absolute atomic E-state index is 12.3. The molecule has 1 amide bonds. The zero-order chi connectivity index (χ0) is 16.4. The second-order valence-corrected chi connectivity index (χ2v) is 6.01. The van der Waals surface area contributed by atoms with Gasteiger partial charge >= 0.3 is 0 Å². The van der Waals surface area contributed by atoms with Crippen LogP contribution in [0.25, 0.3) is 0 Å². The summed E-state index contributed by atoms with van der Waals surface area (Å²) in [6.07, 6.45) is 5.11. The van der Waals surface area contributed by atoms with Gasteiger partial charge in [-0.2, -0.15) is 5.10 Å². The number of amides is 1. The number of nitrogens with zero attached hydrogens (tertiary/aromatic N) is 3. The van der Waals surface area contributed by atoms with Gasteiger partial charge in [0, 0.05) is 29.9 Å². The molecule has 2 heterocycles. The molecule has 0 radical (unpaired) electrons. The summed E-state index contributed by atoms with van der Waals surface area (Å²) in [6, 6.07) is 1.54. The molecule has 0 aromatic carbocycles. The van der Waals surface area contributed by atoms with Crippen LogP contribution in [0, 0.1) is 6.92 Å². The Bertz CT molecular complexity index is 690. The highest BCUT2D eigenvalue weighted by Crippen LogP contribution is 2.30. The lowest BCUT2D eigenvalue weighted by Gasteiger charge is -2.26. The summed E-state index contributed by atoms with van der Waals surface area (Å²) in [5.41, 5.74) is 2.51. The highest BCUT2D eigenvalue weighted by Gasteiger charge is 2.26. The summed E-state index contributed by atoms with van der Waals surface area (Å²) in [5, 5.41) is 14.4. The van der Waals surface area contributed by atoms with Crippen LogP contribution in [-0.4, -0.2) is 26.9 Å². The summed E-state index contributed by atoms with van der Waals surface area (Å²) >= 11 is 0. The fourth-order valence-corrected chi connectivity index (χ4v) is 3.10. The quantitative estimate of drug-likeness (QED) is 0.883. The molecule has 3 rings (SSSR count). The number of carbonyl (C=O) groups excluding carboxylic acids is 1. The second-order valence-electron chi connectivity index (χ2n) is 6.01. The predicted molar refractivity (Wildman–Crippen MR) is 86.0 cm³/mol. The Balaban J connectivity index is 1.65. The maximum atomic E-state index is 12.3. The molecular formula is C16H23N5O2. The van der Waals surface area contributed by atoms with Gasteiger partial charge in [0.25, 0.3) is 0 Å². The van der Waals surface area contributed by atoms with Crippen LogP contribution in [0.4, 0.5) is 5.82 Å². The number of aryl methyl sites for hydroxylation is 2. The van der Waals surface area contributed by atoms with Gasteiger partial charge in [-0.1, -0.05) is 5.16 Å². The molecule has 0 spiro atoms. The van der Waals surface area contributed by atoms with E-state index in [1.807, 2.05) is 17.8 Å². The fraction of sp³-hybridized carbons (Fsp3) is 0.562. The minimum Gasteiger partial charge on any atom is -0.360 e. The van der Waals surface area contributed by atoms with Crippen LogP contribution in [0.1, 0.15) is 49.7 Å². The van der Waals surface area contributed by atoms with Crippen molar-refractivity contribution in [1.82, 2.24) is 20.3 Å². The van der Waals surface area contributed by atoms with Crippen LogP contribution in [0.3, 0.4) is 0 Å². The molecule has 0 saturated heterocycles. The van der Waals surface area contributed by atoms with Gasteiger partial charge in [0.05, 0.1) is 12.2 Å². The third-order valence-electron chi connectivity index (χ3n) is 4.29. The zero-order valence-electron chi connectivity index (χ0n) is 13.8. The molecule has 2 N–H and O–H groups in total. The van der Waals surface area contributed by atoms with Gasteiger partial charge in [0.1, 0.15) is 5.76 Å². The van der Waals surface area contributed by atoms with E-state index in [1.165, 1.54) is 11.3 Å². The van der Waals surface area contributed by atoms with Crippen molar-refractivity contribution in [2.45, 2.75) is 58.7 Å². The molecule has 7 nitrogen and oxygen atoms in total. The van der Waals surface area contributed by atoms with Crippen molar-refractivity contribution < 1.29 is 9.32 Å². The van der Waals surface area contributed by atoms with Crippen LogP contribution in [0.15, 0.2) is 16.8 Å². The van der Waals surface area contributed by atoms with Gasteiger partial charge in [-0.05, 0) is 40.0 Å². The van der Waals surface area contributed by atoms with E-state index in [9.17, 15) is 4.79 Å². The normalized spacial score (nSPS) is 18.5. The molecule has 0 unspecified atom stereocenters. The highest BCUT2D eigenvalue weighted by atomic mass is 16.5. The van der Waals surface area contributed by atoms with E-state index in [2.05, 4.69) is 27.8 Å². The summed E-state index contributed by atoms with van der Waals surface area (Å²) < 4.78 is 7.01. The van der Waals surface area contributed by atoms with Crippen molar-refractivity contribution in [3.63, 3.8) is 0 Å². The Morgan fingerprint density at radius 1 is 1.57 bits per heavy atom. The minimum absolute atomic E-state index is 0.117. The molecule has 2 aromatic rings. The number of hydrogen-bond donors (Lipinski definition) is 2. The van der Waals surface area contributed by atoms with E-state index >= 15 is 0 Å². The monoisotopic (exact) mass is 317 g/mol. The molecule has 0 bridgehead atoms. The molecule has 124 valence electrons. The average Bonchev–Trinajstić information content (AvgIpc) is 3.13. The third kappa shape index (κ3) is 3.29. The molecule has 0 saturated carbocycles. The first kappa shape index (κ1) is 15.7. The van der Waals surface area contributed by atoms with E-state index in [-0.39, 0.29) is 18.0 Å². The van der Waals surface area contributed by atoms with E-state index in [4.69, 9.17) is 4.52 Å². The Morgan fingerprint density at radius 3 is 3.09 bits per heavy atom. The average molecular weight is 317 g/mol. The molecular weight excluding hydrogens is 294 g/mol. The lowest BCUT2D eigenvalue weighted by molar-refractivity contribution is -0.118. The topological polar surface area (TPSA) is 85.0 Å². The van der Waals surface area contributed by atoms with Gasteiger partial charge in [-0.15, -0.1) is 0 Å². The van der Waals surface area contributed by atoms with Crippen molar-refractivity contribution in [3.8, 4) is 0 Å². The van der Waals surface area contributed by atoms with Crippen LogP contribution < -0.4 is 10.6 Å². The molecule has 0 fully saturated rings. The van der Waals surface area contributed by atoms with Gasteiger partial charge < -0.3 is 9.84 Å². The van der Waals surface area contributed by atoms with Crippen LogP contribution >= 0.6 is 0 Å². The summed E-state index contributed by atoms with van der Waals surface area (Å²) in [4.78, 5) is 12.3. The highest BCUT2D eigenvalue weighted by molar-refractivity contribution is 5.93. The summed E-state index contributed by atoms with van der Waals surface area (Å²) in [7, 11) is 0. The van der Waals surface area contributed by atoms with Crippen LogP contribution in [-0.2, 0) is 17.8 Å². The van der Waals surface area contributed by atoms with Crippen LogP contribution in [0.5, 0.6) is 0 Å². The van der Waals surface area contributed by atoms with E-state index in [0.29, 0.717) is 11.6 Å². The van der Waals surface area contributed by atoms with Crippen LogP contribution in [0.2, 0.25) is 0 Å². The molecule has 1 aliphatic rings. The summed E-state index contributed by atoms with van der Waals surface area (Å²) in [5.74, 6) is 1.00. The number of carbonyl (C=O) groups is 1. The number of hydrogen-bond acceptors (Lipinski definition) is 5. The van der Waals surface area contributed by atoms with E-state index in [0.717, 1.165) is 25.8 Å². The third-order valence-corrected chi connectivity index (χ3v) is 4.29. The Morgan fingerprint density at radius 2 is 2.39 bits per heavy atom. The lowest BCUT2D eigenvalue weighted by atomic mass is 9.92. The van der Waals surface area contributed by atoms with Crippen molar-refractivity contribution in [1.29, 1.82) is 0 Å². The van der Waals surface area contributed by atoms with Gasteiger partial charge in [-0.3, -0.25) is 14.8 Å². The lowest BCUT2D eigenvalue weighted by Crippen LogP contribution is -2.41. The first-order valence-electron chi connectivity index (χ1n) is 8.13. The number of rotatable bonds is 5. The smallest absolute Gasteiger partial charge is 0.242 e. The van der Waals surface area contributed by atoms with Crippen molar-refractivity contribution >= 4 is 11.7 Å². The van der Waals surface area contributed by atoms with E-state index in [1.54, 1.807) is 13.0 Å². The zero-order valence-corrected chi connectivity index (χ0v) is 13.8. The van der Waals surface area contributed by atoms with Crippen molar-refractivity contribution in [2.24, 2.45) is 0 Å². The number of fused-ring (bicyclic) bond motifs is 1. The Kier molecular flexibility index (Phi) is 4.47. The molecule has 1 aliphatic carbocycles. The molecule has 2 aromatic heterocycles. The van der Waals surface area contributed by atoms with Crippen molar-refractivity contribution in [2.75, 3.05) is 5.32 Å². The maximum Gasteiger partial charge on any atom is 0.242 e. The molecule has 2 atom stereocenters. The predicted octanol–water partition coefficient (Wildman–Crippen LogP) is 2.19. The SMILES string of the molecule is CCn1ncc2c1CCC[C@@H]2N[C@H](C)C(=O)Nc1cc(C)on1. The first-order valence-corrected chi connectivity index (χ1v) is 8.13. The number of nitrogens with one attached hydrogen (secondary N) is 2. The van der Waals surface area contributed by atoms with Crippen molar-refractivity contribution in [3.05, 3.63) is 29.3 Å². The van der Waals surface area contributed by atoms with Gasteiger partial charge in [0.2, 0.25) is 5.91 Å². The number of anilines is 1. The number of aromatic nitrogens is 3. The fourth-order valence-electron chi connectivity index (χ4n) is 3.10. The minimum atomic E-state index is -0.326. The Hall–Kier alpha value is -2.15.